The average Bonchev–Trinajstić information content (AvgIpc) is 2.49. The Morgan fingerprint density at radius 2 is 1.58 bits per heavy atom. The van der Waals surface area contributed by atoms with Gasteiger partial charge in [0.25, 0.3) is 0 Å². The first-order chi connectivity index (χ1) is 11.2. The Morgan fingerprint density at radius 1 is 0.917 bits per heavy atom. The van der Waals surface area contributed by atoms with Crippen molar-refractivity contribution in [2.45, 2.75) is 20.0 Å². The van der Waals surface area contributed by atoms with Crippen molar-refractivity contribution >= 4 is 23.2 Å². The quantitative estimate of drug-likeness (QED) is 0.817. The molecule has 0 fully saturated rings. The van der Waals surface area contributed by atoms with Crippen LogP contribution in [0.2, 0.25) is 0 Å². The molecule has 0 spiro atoms. The molecule has 0 unspecified atom stereocenters. The van der Waals surface area contributed by atoms with Crippen molar-refractivity contribution in [2.24, 2.45) is 0 Å². The lowest BCUT2D eigenvalue weighted by Gasteiger charge is -2.11. The van der Waals surface area contributed by atoms with E-state index in [0.29, 0.717) is 5.69 Å². The maximum absolute atomic E-state index is 12.6. The lowest BCUT2D eigenvalue weighted by Crippen LogP contribution is -2.29. The molecular formula is C17H15F3N2O2. The van der Waals surface area contributed by atoms with E-state index >= 15 is 0 Å². The molecule has 0 bridgehead atoms. The van der Waals surface area contributed by atoms with Crippen LogP contribution in [0, 0.1) is 13.8 Å². The van der Waals surface area contributed by atoms with Crippen molar-refractivity contribution in [1.29, 1.82) is 0 Å². The number of benzene rings is 2. The molecule has 0 radical (unpaired) electrons. The highest BCUT2D eigenvalue weighted by Crippen LogP contribution is 2.30. The van der Waals surface area contributed by atoms with Gasteiger partial charge in [-0.15, -0.1) is 0 Å². The summed E-state index contributed by atoms with van der Waals surface area (Å²) in [6.07, 6.45) is -4.53. The first-order valence-electron chi connectivity index (χ1n) is 7.03. The second kappa shape index (κ2) is 6.74. The summed E-state index contributed by atoms with van der Waals surface area (Å²) in [6.45, 7) is 3.66. The van der Waals surface area contributed by atoms with Crippen LogP contribution in [-0.2, 0) is 15.8 Å². The van der Waals surface area contributed by atoms with Crippen molar-refractivity contribution in [2.75, 3.05) is 10.6 Å². The molecule has 2 amide bonds. The number of hydrogen-bond acceptors (Lipinski definition) is 2. The van der Waals surface area contributed by atoms with Gasteiger partial charge < -0.3 is 10.6 Å². The zero-order chi connectivity index (χ0) is 17.9. The average molecular weight is 336 g/mol. The van der Waals surface area contributed by atoms with Gasteiger partial charge in [0.2, 0.25) is 0 Å². The van der Waals surface area contributed by atoms with Gasteiger partial charge >= 0.3 is 18.0 Å². The Morgan fingerprint density at radius 3 is 2.21 bits per heavy atom. The van der Waals surface area contributed by atoms with Crippen LogP contribution in [0.1, 0.15) is 16.7 Å². The summed E-state index contributed by atoms with van der Waals surface area (Å²) in [7, 11) is 0. The fourth-order valence-electron chi connectivity index (χ4n) is 2.09. The maximum atomic E-state index is 12.6. The minimum atomic E-state index is -4.53. The van der Waals surface area contributed by atoms with Crippen LogP contribution < -0.4 is 10.6 Å². The van der Waals surface area contributed by atoms with E-state index in [0.717, 1.165) is 29.3 Å². The van der Waals surface area contributed by atoms with Crippen molar-refractivity contribution in [3.8, 4) is 0 Å². The van der Waals surface area contributed by atoms with Gasteiger partial charge in [-0.05, 0) is 43.7 Å². The number of amides is 2. The lowest BCUT2D eigenvalue weighted by atomic mass is 10.1. The van der Waals surface area contributed by atoms with E-state index in [1.165, 1.54) is 6.07 Å². The zero-order valence-electron chi connectivity index (χ0n) is 13.0. The molecular weight excluding hydrogens is 321 g/mol. The van der Waals surface area contributed by atoms with E-state index in [9.17, 15) is 22.8 Å². The monoisotopic (exact) mass is 336 g/mol. The van der Waals surface area contributed by atoms with E-state index in [2.05, 4.69) is 10.6 Å². The Hall–Kier alpha value is -2.83. The summed E-state index contributed by atoms with van der Waals surface area (Å²) in [5, 5.41) is 4.58. The second-order valence-electron chi connectivity index (χ2n) is 5.31. The lowest BCUT2D eigenvalue weighted by molar-refractivity contribution is -0.137. The molecule has 0 saturated carbocycles. The molecule has 2 aromatic carbocycles. The van der Waals surface area contributed by atoms with Gasteiger partial charge in [-0.25, -0.2) is 0 Å². The van der Waals surface area contributed by atoms with E-state index in [4.69, 9.17) is 0 Å². The summed E-state index contributed by atoms with van der Waals surface area (Å²) >= 11 is 0. The Labute approximate surface area is 136 Å². The van der Waals surface area contributed by atoms with Gasteiger partial charge in [0.15, 0.2) is 0 Å². The largest absolute Gasteiger partial charge is 0.416 e. The number of carbonyl (C=O) groups is 2. The van der Waals surface area contributed by atoms with Crippen LogP contribution in [0.15, 0.2) is 42.5 Å². The zero-order valence-corrected chi connectivity index (χ0v) is 13.0. The van der Waals surface area contributed by atoms with Gasteiger partial charge in [-0.1, -0.05) is 23.8 Å². The van der Waals surface area contributed by atoms with Gasteiger partial charge in [-0.3, -0.25) is 9.59 Å². The predicted molar refractivity (Wildman–Crippen MR) is 84.6 cm³/mol. The molecule has 0 heterocycles. The number of alkyl halides is 3. The maximum Gasteiger partial charge on any atom is 0.416 e. The van der Waals surface area contributed by atoms with E-state index in [-0.39, 0.29) is 5.69 Å². The van der Waals surface area contributed by atoms with Crippen molar-refractivity contribution in [3.63, 3.8) is 0 Å². The molecule has 2 rings (SSSR count). The highest BCUT2D eigenvalue weighted by Gasteiger charge is 2.30. The Kier molecular flexibility index (Phi) is 4.92. The molecule has 0 atom stereocenters. The third-order valence-electron chi connectivity index (χ3n) is 3.28. The van der Waals surface area contributed by atoms with E-state index in [1.54, 1.807) is 19.1 Å². The molecule has 24 heavy (non-hydrogen) atoms. The minimum Gasteiger partial charge on any atom is -0.318 e. The van der Waals surface area contributed by atoms with Gasteiger partial charge in [0, 0.05) is 11.4 Å². The highest BCUT2D eigenvalue weighted by molar-refractivity contribution is 6.43. The number of hydrogen-bond donors (Lipinski definition) is 2. The minimum absolute atomic E-state index is 0.106. The molecule has 0 saturated heterocycles. The van der Waals surface area contributed by atoms with Crippen LogP contribution in [0.4, 0.5) is 24.5 Å². The number of carbonyl (C=O) groups excluding carboxylic acids is 2. The molecule has 2 N–H and O–H groups in total. The number of anilines is 2. The number of aryl methyl sites for hydroxylation is 2. The fourth-order valence-corrected chi connectivity index (χ4v) is 2.09. The molecule has 0 aromatic heterocycles. The predicted octanol–water partition coefficient (Wildman–Crippen LogP) is 3.90. The molecule has 4 nitrogen and oxygen atoms in total. The third-order valence-corrected chi connectivity index (χ3v) is 3.28. The molecule has 0 aliphatic heterocycles. The molecule has 2 aromatic rings. The standard InChI is InChI=1S/C17H15F3N2O2/c1-10-6-7-14(11(2)8-10)22-16(24)15(23)21-13-5-3-4-12(9-13)17(18,19)20/h3-9H,1-2H3,(H,21,23)(H,22,24). The van der Waals surface area contributed by atoms with Crippen molar-refractivity contribution in [1.82, 2.24) is 0 Å². The first kappa shape index (κ1) is 17.5. The van der Waals surface area contributed by atoms with Gasteiger partial charge in [0.1, 0.15) is 0 Å². The highest BCUT2D eigenvalue weighted by atomic mass is 19.4. The summed E-state index contributed by atoms with van der Waals surface area (Å²) < 4.78 is 37.9. The molecule has 0 aliphatic rings. The Bertz CT molecular complexity index is 786. The van der Waals surface area contributed by atoms with Gasteiger partial charge in [-0.2, -0.15) is 13.2 Å². The van der Waals surface area contributed by atoms with Crippen molar-refractivity contribution < 1.29 is 22.8 Å². The fraction of sp³-hybridized carbons (Fsp3) is 0.176. The summed E-state index contributed by atoms with van der Waals surface area (Å²) in [6, 6.07) is 9.33. The number of halogens is 3. The van der Waals surface area contributed by atoms with E-state index < -0.39 is 23.6 Å². The van der Waals surface area contributed by atoms with Crippen LogP contribution in [0.5, 0.6) is 0 Å². The molecule has 7 heteroatoms. The Balaban J connectivity index is 2.08. The first-order valence-corrected chi connectivity index (χ1v) is 7.03. The van der Waals surface area contributed by atoms with Crippen LogP contribution in [0.25, 0.3) is 0 Å². The summed E-state index contributed by atoms with van der Waals surface area (Å²) in [5.74, 6) is -2.01. The van der Waals surface area contributed by atoms with Crippen molar-refractivity contribution in [3.05, 3.63) is 59.2 Å². The second-order valence-corrected chi connectivity index (χ2v) is 5.31. The normalized spacial score (nSPS) is 11.0. The van der Waals surface area contributed by atoms with E-state index in [1.807, 2.05) is 13.0 Å². The molecule has 0 aliphatic carbocycles. The molecule has 126 valence electrons. The van der Waals surface area contributed by atoms with Gasteiger partial charge in [0.05, 0.1) is 5.56 Å². The SMILES string of the molecule is Cc1ccc(NC(=O)C(=O)Nc2cccc(C(F)(F)F)c2)c(C)c1. The topological polar surface area (TPSA) is 58.2 Å². The van der Waals surface area contributed by atoms with Crippen LogP contribution in [0.3, 0.4) is 0 Å². The van der Waals surface area contributed by atoms with Crippen LogP contribution >= 0.6 is 0 Å². The smallest absolute Gasteiger partial charge is 0.318 e. The summed E-state index contributed by atoms with van der Waals surface area (Å²) in [4.78, 5) is 23.7. The number of rotatable bonds is 2. The summed E-state index contributed by atoms with van der Waals surface area (Å²) in [5.41, 5.74) is 1.22. The number of nitrogens with one attached hydrogen (secondary N) is 2. The third kappa shape index (κ3) is 4.34. The van der Waals surface area contributed by atoms with Crippen LogP contribution in [-0.4, -0.2) is 11.8 Å².